The van der Waals surface area contributed by atoms with E-state index in [9.17, 15) is 20.4 Å². The number of hydrogen-bond donors (Lipinski definition) is 4. The molecule has 0 bridgehead atoms. The summed E-state index contributed by atoms with van der Waals surface area (Å²) in [4.78, 5) is 0. The van der Waals surface area contributed by atoms with E-state index < -0.39 is 5.60 Å². The van der Waals surface area contributed by atoms with E-state index in [1.165, 1.54) is 18.2 Å². The van der Waals surface area contributed by atoms with Crippen LogP contribution >= 0.6 is 0 Å². The number of fused-ring (bicyclic) bond motifs is 5. The van der Waals surface area contributed by atoms with Crippen LogP contribution in [0.25, 0.3) is 0 Å². The van der Waals surface area contributed by atoms with Crippen molar-refractivity contribution in [1.29, 1.82) is 0 Å². The minimum atomic E-state index is -1.10. The molecular weight excluding hydrogens is 272 g/mol. The van der Waals surface area contributed by atoms with E-state index in [1.54, 1.807) is 12.1 Å². The molecule has 5 heteroatoms. The Kier molecular flexibility index (Phi) is 2.25. The van der Waals surface area contributed by atoms with Crippen LogP contribution in [0, 0.1) is 0 Å². The molecule has 2 aromatic carbocycles. The summed E-state index contributed by atoms with van der Waals surface area (Å²) in [5.41, 5.74) is 1.24. The van der Waals surface area contributed by atoms with E-state index in [-0.39, 0.29) is 29.8 Å². The van der Waals surface area contributed by atoms with Crippen molar-refractivity contribution in [3.63, 3.8) is 0 Å². The maximum atomic E-state index is 10.9. The van der Waals surface area contributed by atoms with Crippen LogP contribution in [0.3, 0.4) is 0 Å². The predicted molar refractivity (Wildman–Crippen MR) is 73.9 cm³/mol. The molecule has 1 aliphatic heterocycles. The molecule has 0 aromatic heterocycles. The van der Waals surface area contributed by atoms with Crippen molar-refractivity contribution in [1.82, 2.24) is 0 Å². The van der Waals surface area contributed by atoms with Crippen molar-refractivity contribution in [2.24, 2.45) is 0 Å². The van der Waals surface area contributed by atoms with Gasteiger partial charge in [-0.15, -0.1) is 0 Å². The molecular formula is C16H14O5. The van der Waals surface area contributed by atoms with E-state index >= 15 is 0 Å². The van der Waals surface area contributed by atoms with Crippen LogP contribution < -0.4 is 4.74 Å². The topological polar surface area (TPSA) is 90.2 Å². The molecule has 0 fully saturated rings. The van der Waals surface area contributed by atoms with Crippen molar-refractivity contribution < 1.29 is 25.2 Å². The molecule has 2 aromatic rings. The minimum Gasteiger partial charge on any atom is -0.508 e. The van der Waals surface area contributed by atoms with Gasteiger partial charge >= 0.3 is 0 Å². The molecule has 0 amide bonds. The smallest absolute Gasteiger partial charge is 0.157 e. The minimum absolute atomic E-state index is 0.102. The first-order valence-electron chi connectivity index (χ1n) is 6.71. The highest BCUT2D eigenvalue weighted by Crippen LogP contribution is 2.52. The fourth-order valence-corrected chi connectivity index (χ4v) is 3.46. The SMILES string of the molecule is Oc1ccc2c(c1)OC[C@@]1(O)Cc3cc(O)c(O)cc3[C@@H]21. The first kappa shape index (κ1) is 12.3. The highest BCUT2D eigenvalue weighted by atomic mass is 16.5. The van der Waals surface area contributed by atoms with Gasteiger partial charge < -0.3 is 25.2 Å². The van der Waals surface area contributed by atoms with Gasteiger partial charge in [-0.2, -0.15) is 0 Å². The zero-order chi connectivity index (χ0) is 14.8. The van der Waals surface area contributed by atoms with Crippen LogP contribution in [-0.2, 0) is 6.42 Å². The van der Waals surface area contributed by atoms with Gasteiger partial charge in [0.2, 0.25) is 0 Å². The quantitative estimate of drug-likeness (QED) is 0.552. The molecule has 21 heavy (non-hydrogen) atoms. The number of rotatable bonds is 0. The second-order valence-electron chi connectivity index (χ2n) is 5.76. The van der Waals surface area contributed by atoms with Crippen molar-refractivity contribution in [3.8, 4) is 23.0 Å². The number of ether oxygens (including phenoxy) is 1. The number of phenols is 3. The lowest BCUT2D eigenvalue weighted by Crippen LogP contribution is -2.43. The molecule has 4 N–H and O–H groups in total. The lowest BCUT2D eigenvalue weighted by Gasteiger charge is -2.36. The average molecular weight is 286 g/mol. The Hall–Kier alpha value is -2.40. The molecule has 1 heterocycles. The number of hydrogen-bond acceptors (Lipinski definition) is 5. The molecule has 0 saturated heterocycles. The van der Waals surface area contributed by atoms with Gasteiger partial charge in [-0.05, 0) is 29.3 Å². The summed E-state index contributed by atoms with van der Waals surface area (Å²) in [6.07, 6.45) is 0.348. The van der Waals surface area contributed by atoms with Crippen molar-refractivity contribution in [2.45, 2.75) is 17.9 Å². The fourth-order valence-electron chi connectivity index (χ4n) is 3.46. The van der Waals surface area contributed by atoms with Gasteiger partial charge in [0.15, 0.2) is 11.5 Å². The zero-order valence-electron chi connectivity index (χ0n) is 11.1. The number of benzene rings is 2. The third-order valence-corrected chi connectivity index (χ3v) is 4.37. The largest absolute Gasteiger partial charge is 0.508 e. The Morgan fingerprint density at radius 1 is 1.00 bits per heavy atom. The Labute approximate surface area is 120 Å². The van der Waals surface area contributed by atoms with Crippen molar-refractivity contribution in [2.75, 3.05) is 6.61 Å². The van der Waals surface area contributed by atoms with Gasteiger partial charge in [0, 0.05) is 24.0 Å². The lowest BCUT2D eigenvalue weighted by molar-refractivity contribution is -0.0218. The monoisotopic (exact) mass is 286 g/mol. The molecule has 4 rings (SSSR count). The maximum absolute atomic E-state index is 10.9. The van der Waals surface area contributed by atoms with Gasteiger partial charge in [0.1, 0.15) is 23.7 Å². The number of aromatic hydroxyl groups is 3. The normalized spacial score (nSPS) is 25.7. The van der Waals surface area contributed by atoms with Crippen LogP contribution in [0.5, 0.6) is 23.0 Å². The molecule has 2 atom stereocenters. The third-order valence-electron chi connectivity index (χ3n) is 4.37. The highest BCUT2D eigenvalue weighted by molar-refractivity contribution is 5.58. The highest BCUT2D eigenvalue weighted by Gasteiger charge is 2.50. The molecule has 0 unspecified atom stereocenters. The van der Waals surface area contributed by atoms with Crippen molar-refractivity contribution in [3.05, 3.63) is 47.0 Å². The summed E-state index contributed by atoms with van der Waals surface area (Å²) in [6, 6.07) is 7.77. The van der Waals surface area contributed by atoms with Gasteiger partial charge in [0.05, 0.1) is 0 Å². The number of phenolic OH excluding ortho intramolecular Hbond substituents is 3. The molecule has 0 radical (unpaired) electrons. The molecule has 0 saturated carbocycles. The van der Waals surface area contributed by atoms with Gasteiger partial charge in [0.25, 0.3) is 0 Å². The second-order valence-corrected chi connectivity index (χ2v) is 5.76. The van der Waals surface area contributed by atoms with E-state index in [1.807, 2.05) is 0 Å². The van der Waals surface area contributed by atoms with Gasteiger partial charge in [-0.25, -0.2) is 0 Å². The van der Waals surface area contributed by atoms with Crippen LogP contribution in [0.1, 0.15) is 22.6 Å². The molecule has 1 aliphatic carbocycles. The van der Waals surface area contributed by atoms with Crippen LogP contribution in [0.2, 0.25) is 0 Å². The standard InChI is InChI=1S/C16H14O5/c17-9-1-2-10-14(4-9)21-7-16(20)6-8-3-12(18)13(19)5-11(8)15(10)16/h1-5,15,17-20H,6-7H2/t15-,16+/m1/s1. The molecule has 108 valence electrons. The average Bonchev–Trinajstić information content (AvgIpc) is 2.71. The van der Waals surface area contributed by atoms with Gasteiger partial charge in [-0.3, -0.25) is 0 Å². The molecule has 5 nitrogen and oxygen atoms in total. The Morgan fingerprint density at radius 2 is 1.76 bits per heavy atom. The Bertz CT molecular complexity index is 755. The van der Waals surface area contributed by atoms with E-state index in [0.717, 1.165) is 16.7 Å². The Balaban J connectivity index is 1.95. The van der Waals surface area contributed by atoms with Crippen molar-refractivity contribution >= 4 is 0 Å². The summed E-state index contributed by atoms with van der Waals surface area (Å²) in [6.45, 7) is 0.102. The van der Waals surface area contributed by atoms with E-state index in [4.69, 9.17) is 4.74 Å². The Morgan fingerprint density at radius 3 is 2.57 bits per heavy atom. The molecule has 2 aliphatic rings. The summed E-state index contributed by atoms with van der Waals surface area (Å²) >= 11 is 0. The summed E-state index contributed by atoms with van der Waals surface area (Å²) in [7, 11) is 0. The van der Waals surface area contributed by atoms with Crippen LogP contribution in [-0.4, -0.2) is 32.6 Å². The maximum Gasteiger partial charge on any atom is 0.157 e. The number of aliphatic hydroxyl groups is 1. The van der Waals surface area contributed by atoms with E-state index in [0.29, 0.717) is 12.2 Å². The summed E-state index contributed by atoms with van der Waals surface area (Å²) in [5.74, 6) is -0.105. The lowest BCUT2D eigenvalue weighted by atomic mass is 9.80. The van der Waals surface area contributed by atoms with E-state index in [2.05, 4.69) is 0 Å². The fraction of sp³-hybridized carbons (Fsp3) is 0.250. The zero-order valence-corrected chi connectivity index (χ0v) is 11.1. The first-order chi connectivity index (χ1) is 9.98. The van der Waals surface area contributed by atoms with Crippen LogP contribution in [0.15, 0.2) is 30.3 Å². The second kappa shape index (κ2) is 3.83. The summed E-state index contributed by atoms with van der Waals surface area (Å²) < 4.78 is 5.58. The third kappa shape index (κ3) is 1.61. The molecule has 0 spiro atoms. The van der Waals surface area contributed by atoms with Crippen LogP contribution in [0.4, 0.5) is 0 Å². The first-order valence-corrected chi connectivity index (χ1v) is 6.71. The predicted octanol–water partition coefficient (Wildman–Crippen LogP) is 1.61. The summed E-state index contributed by atoms with van der Waals surface area (Å²) in [5, 5.41) is 39.8. The van der Waals surface area contributed by atoms with Gasteiger partial charge in [-0.1, -0.05) is 6.07 Å².